The topological polar surface area (TPSA) is 52.2 Å². The number of carbonyl (C=O) groups is 1. The third-order valence-electron chi connectivity index (χ3n) is 3.44. The number of carboxylic acid groups (broad SMARTS) is 1. The molecule has 0 aliphatic heterocycles. The first-order chi connectivity index (χ1) is 10.7. The molecule has 0 saturated heterocycles. The molecule has 23 heavy (non-hydrogen) atoms. The Balaban J connectivity index is 2.63. The molecule has 122 valence electrons. The maximum atomic E-state index is 12.0. The lowest BCUT2D eigenvalue weighted by molar-refractivity contribution is -0.306. The standard InChI is InChI=1S/C18H22NO2PS/c1-18(2,3)19-16(17(20)21)22(23,14-10-6-4-7-11-14)15-12-8-5-9-13-15/h4-13,16,19H,1-3H3,(H,20,21)/p-1. The van der Waals surface area contributed by atoms with Crippen molar-refractivity contribution in [3.63, 3.8) is 0 Å². The molecule has 0 saturated carbocycles. The minimum absolute atomic E-state index is 0.391. The molecule has 2 rings (SSSR count). The summed E-state index contributed by atoms with van der Waals surface area (Å²) in [5.74, 6) is -2.08. The highest BCUT2D eigenvalue weighted by molar-refractivity contribution is 8.48. The SMILES string of the molecule is CC(C)(C)NC(C(=O)[O-])[P+]([S-])(c1ccccc1)c1ccccc1. The van der Waals surface area contributed by atoms with E-state index in [1.807, 2.05) is 81.4 Å². The zero-order valence-corrected chi connectivity index (χ0v) is 15.2. The molecule has 5 heteroatoms. The summed E-state index contributed by atoms with van der Waals surface area (Å²) in [6, 6.07) is 19.0. The van der Waals surface area contributed by atoms with Gasteiger partial charge in [-0.3, -0.25) is 5.32 Å². The van der Waals surface area contributed by atoms with E-state index in [2.05, 4.69) is 5.32 Å². The van der Waals surface area contributed by atoms with Crippen LogP contribution < -0.4 is 21.0 Å². The molecule has 2 aromatic carbocycles. The zero-order chi connectivity index (χ0) is 17.1. The van der Waals surface area contributed by atoms with Gasteiger partial charge in [0.05, 0.1) is 16.6 Å². The average molecular weight is 346 g/mol. The number of aliphatic carboxylic acids is 1. The van der Waals surface area contributed by atoms with Crippen LogP contribution in [0.5, 0.6) is 0 Å². The zero-order valence-electron chi connectivity index (χ0n) is 13.5. The van der Waals surface area contributed by atoms with E-state index in [0.29, 0.717) is 0 Å². The molecule has 0 radical (unpaired) electrons. The van der Waals surface area contributed by atoms with Gasteiger partial charge in [0.15, 0.2) is 0 Å². The Bertz CT molecular complexity index is 616. The number of carbonyl (C=O) groups excluding carboxylic acids is 1. The van der Waals surface area contributed by atoms with Gasteiger partial charge in [-0.1, -0.05) is 36.4 Å². The van der Waals surface area contributed by atoms with Crippen LogP contribution in [0.25, 0.3) is 0 Å². The summed E-state index contributed by atoms with van der Waals surface area (Å²) in [6.07, 6.45) is 0. The van der Waals surface area contributed by atoms with Gasteiger partial charge in [-0.15, -0.1) is 0 Å². The van der Waals surface area contributed by atoms with Gasteiger partial charge in [0, 0.05) is 5.54 Å². The highest BCUT2D eigenvalue weighted by Crippen LogP contribution is 2.58. The van der Waals surface area contributed by atoms with E-state index in [0.717, 1.165) is 10.6 Å². The van der Waals surface area contributed by atoms with E-state index in [9.17, 15) is 9.90 Å². The molecule has 1 atom stereocenters. The molecule has 0 heterocycles. The number of nitrogens with one attached hydrogen (secondary N) is 1. The first-order valence-corrected chi connectivity index (χ1v) is 10.3. The van der Waals surface area contributed by atoms with Crippen molar-refractivity contribution in [2.45, 2.75) is 32.1 Å². The Hall–Kier alpha value is -1.35. The van der Waals surface area contributed by atoms with Crippen LogP contribution in [0.3, 0.4) is 0 Å². The first kappa shape index (κ1) is 18.0. The molecule has 0 aliphatic carbocycles. The second-order valence-electron chi connectivity index (χ2n) is 6.44. The Morgan fingerprint density at radius 3 is 1.70 bits per heavy atom. The fourth-order valence-corrected chi connectivity index (χ4v) is 6.59. The van der Waals surface area contributed by atoms with Crippen molar-refractivity contribution in [2.75, 3.05) is 0 Å². The quantitative estimate of drug-likeness (QED) is 0.660. The van der Waals surface area contributed by atoms with Crippen LogP contribution in [0.2, 0.25) is 0 Å². The number of hydrogen-bond donors (Lipinski definition) is 1. The normalized spacial score (nSPS) is 13.6. The molecule has 0 aromatic heterocycles. The van der Waals surface area contributed by atoms with Crippen LogP contribution in [0, 0.1) is 0 Å². The van der Waals surface area contributed by atoms with Gasteiger partial charge in [0.1, 0.15) is 5.78 Å². The Labute approximate surface area is 143 Å². The molecule has 1 N–H and O–H groups in total. The van der Waals surface area contributed by atoms with Crippen LogP contribution in [0.1, 0.15) is 20.8 Å². The van der Waals surface area contributed by atoms with Crippen molar-refractivity contribution < 1.29 is 9.90 Å². The fraction of sp³-hybridized carbons (Fsp3) is 0.278. The van der Waals surface area contributed by atoms with E-state index < -0.39 is 23.8 Å². The summed E-state index contributed by atoms with van der Waals surface area (Å²) >= 11 is 6.03. The third kappa shape index (κ3) is 4.14. The second kappa shape index (κ2) is 7.04. The monoisotopic (exact) mass is 346 g/mol. The lowest BCUT2D eigenvalue weighted by Crippen LogP contribution is -2.56. The predicted molar refractivity (Wildman–Crippen MR) is 98.1 cm³/mol. The van der Waals surface area contributed by atoms with Crippen molar-refractivity contribution in [1.82, 2.24) is 5.32 Å². The number of benzene rings is 2. The summed E-state index contributed by atoms with van der Waals surface area (Å²) in [6.45, 7) is 3.16. The first-order valence-electron chi connectivity index (χ1n) is 7.44. The second-order valence-corrected chi connectivity index (χ2v) is 11.0. The maximum Gasteiger partial charge on any atom is 0.149 e. The van der Waals surface area contributed by atoms with Crippen molar-refractivity contribution >= 4 is 35.3 Å². The fourth-order valence-electron chi connectivity index (χ4n) is 2.45. The van der Waals surface area contributed by atoms with Crippen molar-refractivity contribution in [3.8, 4) is 0 Å². The highest BCUT2D eigenvalue weighted by atomic mass is 32.7. The Morgan fingerprint density at radius 1 is 1.00 bits per heavy atom. The van der Waals surface area contributed by atoms with Gasteiger partial charge < -0.3 is 22.1 Å². The van der Waals surface area contributed by atoms with E-state index in [1.54, 1.807) is 0 Å². The van der Waals surface area contributed by atoms with Gasteiger partial charge in [-0.05, 0) is 51.5 Å². The minimum atomic E-state index is -2.63. The molecular weight excluding hydrogens is 325 g/mol. The van der Waals surface area contributed by atoms with Gasteiger partial charge in [0.2, 0.25) is 0 Å². The van der Waals surface area contributed by atoms with Crippen LogP contribution in [-0.2, 0) is 17.0 Å². The molecule has 3 nitrogen and oxygen atoms in total. The smallest absolute Gasteiger partial charge is 0.149 e. The van der Waals surface area contributed by atoms with E-state index in [4.69, 9.17) is 12.2 Å². The third-order valence-corrected chi connectivity index (χ3v) is 8.53. The summed E-state index contributed by atoms with van der Waals surface area (Å²) in [5, 5.41) is 16.9. The highest BCUT2D eigenvalue weighted by Gasteiger charge is 2.41. The Kier molecular flexibility index (Phi) is 5.51. The molecule has 0 spiro atoms. The van der Waals surface area contributed by atoms with Crippen molar-refractivity contribution in [3.05, 3.63) is 60.7 Å². The van der Waals surface area contributed by atoms with Crippen LogP contribution in [0.15, 0.2) is 60.7 Å². The summed E-state index contributed by atoms with van der Waals surface area (Å²) < 4.78 is 0. The largest absolute Gasteiger partial charge is 0.544 e. The number of carboxylic acids is 1. The summed E-state index contributed by atoms with van der Waals surface area (Å²) in [7, 11) is 0. The molecule has 1 unspecified atom stereocenters. The molecule has 0 aliphatic rings. The molecular formula is C18H21NO2PS-. The average Bonchev–Trinajstić information content (AvgIpc) is 2.52. The van der Waals surface area contributed by atoms with Crippen LogP contribution in [0.4, 0.5) is 0 Å². The van der Waals surface area contributed by atoms with Crippen molar-refractivity contribution in [1.29, 1.82) is 0 Å². The van der Waals surface area contributed by atoms with Crippen molar-refractivity contribution in [2.24, 2.45) is 0 Å². The number of rotatable bonds is 5. The molecule has 0 bridgehead atoms. The molecule has 2 aromatic rings. The molecule has 0 fully saturated rings. The maximum absolute atomic E-state index is 12.0. The lowest BCUT2D eigenvalue weighted by Gasteiger charge is -2.43. The van der Waals surface area contributed by atoms with E-state index >= 15 is 0 Å². The minimum Gasteiger partial charge on any atom is -0.544 e. The van der Waals surface area contributed by atoms with E-state index in [1.165, 1.54) is 0 Å². The van der Waals surface area contributed by atoms with Gasteiger partial charge in [-0.25, -0.2) is 0 Å². The van der Waals surface area contributed by atoms with Gasteiger partial charge in [0.25, 0.3) is 0 Å². The van der Waals surface area contributed by atoms with E-state index in [-0.39, 0.29) is 0 Å². The lowest BCUT2D eigenvalue weighted by atomic mass is 10.1. The molecule has 0 amide bonds. The number of hydrogen-bond acceptors (Lipinski definition) is 4. The van der Waals surface area contributed by atoms with Gasteiger partial charge in [-0.2, -0.15) is 0 Å². The van der Waals surface area contributed by atoms with Crippen LogP contribution >= 0.6 is 6.46 Å². The van der Waals surface area contributed by atoms with Crippen LogP contribution in [-0.4, -0.2) is 17.3 Å². The van der Waals surface area contributed by atoms with Gasteiger partial charge >= 0.3 is 0 Å². The summed E-state index contributed by atoms with van der Waals surface area (Å²) in [5.41, 5.74) is -0.391. The summed E-state index contributed by atoms with van der Waals surface area (Å²) in [4.78, 5) is 12.0. The Morgan fingerprint density at radius 2 is 1.39 bits per heavy atom. The predicted octanol–water partition coefficient (Wildman–Crippen LogP) is 1.58.